The molecule has 0 unspecified atom stereocenters. The molecular weight excluding hydrogens is 485 g/mol. The van der Waals surface area contributed by atoms with Crippen LogP contribution >= 0.6 is 11.8 Å². The molecule has 0 aliphatic carbocycles. The maximum atomic E-state index is 14.0. The standard InChI is InChI=1S/C26H22FN3O5S/c1-15(20-5-3-4-6-21(20)27)34-26(33)29-24-16(2)35-30-25(24)18-8-10-19(11-9-18)36-22-12-7-17(14-28-22)13-23(31)32/h3-12,14-15H,13H2,1-2H3,(H,29,33)(H,31,32)/t15-/m1/s1. The van der Waals surface area contributed by atoms with Gasteiger partial charge in [-0.3, -0.25) is 10.1 Å². The Labute approximate surface area is 210 Å². The summed E-state index contributed by atoms with van der Waals surface area (Å²) in [6, 6.07) is 17.0. The minimum Gasteiger partial charge on any atom is -0.481 e. The first kappa shape index (κ1) is 24.9. The molecule has 2 aromatic carbocycles. The van der Waals surface area contributed by atoms with Crippen molar-refractivity contribution >= 4 is 29.5 Å². The quantitative estimate of drug-likeness (QED) is 0.287. The Morgan fingerprint density at radius 3 is 2.56 bits per heavy atom. The van der Waals surface area contributed by atoms with E-state index in [9.17, 15) is 14.0 Å². The number of carbonyl (C=O) groups is 2. The van der Waals surface area contributed by atoms with E-state index in [0.29, 0.717) is 28.3 Å². The van der Waals surface area contributed by atoms with Gasteiger partial charge in [-0.25, -0.2) is 14.2 Å². The lowest BCUT2D eigenvalue weighted by Crippen LogP contribution is -2.17. The molecule has 0 bridgehead atoms. The molecule has 0 saturated heterocycles. The number of nitrogens with zero attached hydrogens (tertiary/aromatic N) is 2. The second-order valence-corrected chi connectivity index (χ2v) is 8.95. The number of hydrogen-bond acceptors (Lipinski definition) is 7. The molecule has 0 spiro atoms. The van der Waals surface area contributed by atoms with Crippen LogP contribution in [0.25, 0.3) is 11.3 Å². The Morgan fingerprint density at radius 1 is 1.14 bits per heavy atom. The van der Waals surface area contributed by atoms with Gasteiger partial charge in [0.05, 0.1) is 6.42 Å². The summed E-state index contributed by atoms with van der Waals surface area (Å²) < 4.78 is 24.6. The van der Waals surface area contributed by atoms with Crippen molar-refractivity contribution < 1.29 is 28.3 Å². The minimum atomic E-state index is -0.905. The molecule has 1 atom stereocenters. The van der Waals surface area contributed by atoms with Crippen molar-refractivity contribution in [1.82, 2.24) is 10.1 Å². The average molecular weight is 508 g/mol. The van der Waals surface area contributed by atoms with E-state index in [0.717, 1.165) is 9.92 Å². The molecule has 2 heterocycles. The van der Waals surface area contributed by atoms with Gasteiger partial charge in [0.2, 0.25) is 0 Å². The molecule has 2 aromatic heterocycles. The van der Waals surface area contributed by atoms with Crippen molar-refractivity contribution in [2.45, 2.75) is 36.3 Å². The number of ether oxygens (including phenoxy) is 1. The van der Waals surface area contributed by atoms with E-state index in [1.807, 2.05) is 24.3 Å². The van der Waals surface area contributed by atoms with Crippen LogP contribution in [0.1, 0.15) is 29.9 Å². The molecule has 0 aliphatic rings. The first-order chi connectivity index (χ1) is 17.3. The number of carboxylic acids is 1. The molecule has 2 N–H and O–H groups in total. The highest BCUT2D eigenvalue weighted by Crippen LogP contribution is 2.33. The molecule has 0 aliphatic heterocycles. The predicted molar refractivity (Wildman–Crippen MR) is 131 cm³/mol. The van der Waals surface area contributed by atoms with Crippen molar-refractivity contribution in [3.05, 3.63) is 89.6 Å². The molecule has 184 valence electrons. The molecule has 36 heavy (non-hydrogen) atoms. The molecule has 8 nitrogen and oxygen atoms in total. The van der Waals surface area contributed by atoms with Crippen molar-refractivity contribution in [1.29, 1.82) is 0 Å². The number of halogens is 1. The van der Waals surface area contributed by atoms with Gasteiger partial charge in [-0.15, -0.1) is 0 Å². The van der Waals surface area contributed by atoms with Crippen molar-refractivity contribution in [3.63, 3.8) is 0 Å². The van der Waals surface area contributed by atoms with Crippen LogP contribution in [-0.4, -0.2) is 27.3 Å². The van der Waals surface area contributed by atoms with Crippen LogP contribution in [0.3, 0.4) is 0 Å². The number of nitrogens with one attached hydrogen (secondary N) is 1. The number of aromatic nitrogens is 2. The van der Waals surface area contributed by atoms with Gasteiger partial charge >= 0.3 is 12.1 Å². The molecule has 1 amide bonds. The van der Waals surface area contributed by atoms with Gasteiger partial charge in [-0.1, -0.05) is 53.3 Å². The molecular formula is C26H22FN3O5S. The minimum absolute atomic E-state index is 0.0737. The number of hydrogen-bond donors (Lipinski definition) is 2. The number of carbonyl (C=O) groups excluding carboxylic acids is 1. The highest BCUT2D eigenvalue weighted by Gasteiger charge is 2.21. The lowest BCUT2D eigenvalue weighted by molar-refractivity contribution is -0.136. The summed E-state index contributed by atoms with van der Waals surface area (Å²) in [4.78, 5) is 28.5. The van der Waals surface area contributed by atoms with Gasteiger partial charge in [0.25, 0.3) is 0 Å². The van der Waals surface area contributed by atoms with Gasteiger partial charge in [0, 0.05) is 22.2 Å². The first-order valence-electron chi connectivity index (χ1n) is 10.9. The first-order valence-corrected chi connectivity index (χ1v) is 11.7. The third-order valence-corrected chi connectivity index (χ3v) is 6.18. The smallest absolute Gasteiger partial charge is 0.412 e. The Kier molecular flexibility index (Phi) is 7.65. The summed E-state index contributed by atoms with van der Waals surface area (Å²) >= 11 is 1.42. The average Bonchev–Trinajstić information content (AvgIpc) is 3.20. The molecule has 4 aromatic rings. The van der Waals surface area contributed by atoms with E-state index in [-0.39, 0.29) is 12.0 Å². The fourth-order valence-corrected chi connectivity index (χ4v) is 4.18. The summed E-state index contributed by atoms with van der Waals surface area (Å²) in [5.74, 6) is -0.966. The Bertz CT molecular complexity index is 1370. The topological polar surface area (TPSA) is 115 Å². The summed E-state index contributed by atoms with van der Waals surface area (Å²) in [6.45, 7) is 3.25. The van der Waals surface area contributed by atoms with Gasteiger partial charge in [0.1, 0.15) is 28.3 Å². The summed E-state index contributed by atoms with van der Waals surface area (Å²) in [6.07, 6.45) is -0.0798. The van der Waals surface area contributed by atoms with Crippen molar-refractivity contribution in [2.24, 2.45) is 0 Å². The van der Waals surface area contributed by atoms with Crippen LogP contribution in [0.15, 0.2) is 81.3 Å². The second kappa shape index (κ2) is 11.0. The lowest BCUT2D eigenvalue weighted by Gasteiger charge is -2.15. The Morgan fingerprint density at radius 2 is 1.89 bits per heavy atom. The van der Waals surface area contributed by atoms with E-state index < -0.39 is 24.0 Å². The number of anilines is 1. The van der Waals surface area contributed by atoms with E-state index in [2.05, 4.69) is 15.5 Å². The fraction of sp³-hybridized carbons (Fsp3) is 0.154. The molecule has 0 saturated carbocycles. The predicted octanol–water partition coefficient (Wildman–Crippen LogP) is 6.27. The zero-order valence-corrected chi connectivity index (χ0v) is 20.2. The molecule has 4 rings (SSSR count). The van der Waals surface area contributed by atoms with Crippen LogP contribution in [0.4, 0.5) is 14.9 Å². The number of carboxylic acid groups (broad SMARTS) is 1. The SMILES string of the molecule is Cc1onc(-c2ccc(Sc3ccc(CC(=O)O)cn3)cc2)c1NC(=O)O[C@H](C)c1ccccc1F. The monoisotopic (exact) mass is 507 g/mol. The van der Waals surface area contributed by atoms with E-state index in [1.165, 1.54) is 17.8 Å². The highest BCUT2D eigenvalue weighted by atomic mass is 32.2. The lowest BCUT2D eigenvalue weighted by atomic mass is 10.1. The van der Waals surface area contributed by atoms with Crippen LogP contribution in [-0.2, 0) is 16.0 Å². The number of rotatable bonds is 8. The zero-order valence-electron chi connectivity index (χ0n) is 19.4. The van der Waals surface area contributed by atoms with Gasteiger partial charge in [-0.2, -0.15) is 0 Å². The summed E-state index contributed by atoms with van der Waals surface area (Å²) in [5, 5.41) is 16.3. The van der Waals surface area contributed by atoms with Crippen LogP contribution in [0.5, 0.6) is 0 Å². The Balaban J connectivity index is 1.43. The zero-order chi connectivity index (χ0) is 25.7. The Hall–Kier alpha value is -4.18. The van der Waals surface area contributed by atoms with E-state index in [1.54, 1.807) is 50.4 Å². The van der Waals surface area contributed by atoms with Crippen molar-refractivity contribution in [3.8, 4) is 11.3 Å². The highest BCUT2D eigenvalue weighted by molar-refractivity contribution is 7.99. The summed E-state index contributed by atoms with van der Waals surface area (Å²) in [5.41, 5.74) is 2.39. The van der Waals surface area contributed by atoms with Crippen molar-refractivity contribution in [2.75, 3.05) is 5.32 Å². The van der Waals surface area contributed by atoms with Crippen LogP contribution < -0.4 is 5.32 Å². The van der Waals surface area contributed by atoms with Gasteiger partial charge < -0.3 is 14.4 Å². The normalized spacial score (nSPS) is 11.6. The number of pyridine rings is 1. The van der Waals surface area contributed by atoms with E-state index >= 15 is 0 Å². The molecule has 10 heteroatoms. The van der Waals surface area contributed by atoms with Gasteiger partial charge in [-0.05, 0) is 43.7 Å². The fourth-order valence-electron chi connectivity index (χ4n) is 3.43. The largest absolute Gasteiger partial charge is 0.481 e. The maximum absolute atomic E-state index is 14.0. The number of aryl methyl sites for hydroxylation is 1. The second-order valence-electron chi connectivity index (χ2n) is 7.86. The maximum Gasteiger partial charge on any atom is 0.412 e. The molecule has 0 radical (unpaired) electrons. The third kappa shape index (κ3) is 6.08. The number of aliphatic carboxylic acids is 1. The van der Waals surface area contributed by atoms with Crippen LogP contribution in [0.2, 0.25) is 0 Å². The number of amides is 1. The van der Waals surface area contributed by atoms with E-state index in [4.69, 9.17) is 14.4 Å². The number of benzene rings is 2. The summed E-state index contributed by atoms with van der Waals surface area (Å²) in [7, 11) is 0. The molecule has 0 fully saturated rings. The third-order valence-electron chi connectivity index (χ3n) is 5.22. The van der Waals surface area contributed by atoms with Gasteiger partial charge in [0.15, 0.2) is 5.76 Å². The van der Waals surface area contributed by atoms with Crippen LogP contribution in [0, 0.1) is 12.7 Å².